The minimum absolute atomic E-state index is 0.198. The van der Waals surface area contributed by atoms with E-state index in [9.17, 15) is 4.79 Å². The van der Waals surface area contributed by atoms with Crippen LogP contribution in [0, 0.1) is 5.92 Å². The lowest BCUT2D eigenvalue weighted by molar-refractivity contribution is -0.144. The van der Waals surface area contributed by atoms with Crippen LogP contribution in [0.4, 0.5) is 0 Å². The van der Waals surface area contributed by atoms with Crippen molar-refractivity contribution in [1.82, 2.24) is 4.73 Å². The molecular weight excluding hydrogens is 202 g/mol. The summed E-state index contributed by atoms with van der Waals surface area (Å²) in [6, 6.07) is 9.73. The molecular formula is C13H15NO2. The zero-order valence-electron chi connectivity index (χ0n) is 9.51. The van der Waals surface area contributed by atoms with Gasteiger partial charge in [-0.1, -0.05) is 32.0 Å². The Hall–Kier alpha value is -1.77. The first-order valence-corrected chi connectivity index (χ1v) is 5.44. The minimum Gasteiger partial charge on any atom is -0.337 e. The Morgan fingerprint density at radius 1 is 1.31 bits per heavy atom. The molecule has 0 amide bonds. The Bertz CT molecular complexity index is 499. The third kappa shape index (κ3) is 2.24. The quantitative estimate of drug-likeness (QED) is 0.791. The van der Waals surface area contributed by atoms with Crippen molar-refractivity contribution in [3.8, 4) is 0 Å². The van der Waals surface area contributed by atoms with E-state index in [-0.39, 0.29) is 5.97 Å². The minimum atomic E-state index is -0.198. The summed E-state index contributed by atoms with van der Waals surface area (Å²) in [5.74, 6) is 0.116. The van der Waals surface area contributed by atoms with Crippen LogP contribution in [0.5, 0.6) is 0 Å². The van der Waals surface area contributed by atoms with E-state index < -0.39 is 0 Å². The first-order chi connectivity index (χ1) is 7.66. The van der Waals surface area contributed by atoms with Gasteiger partial charge >= 0.3 is 5.97 Å². The number of aromatic nitrogens is 1. The highest BCUT2D eigenvalue weighted by Crippen LogP contribution is 2.14. The van der Waals surface area contributed by atoms with Gasteiger partial charge in [0.1, 0.15) is 0 Å². The number of nitrogens with zero attached hydrogens (tertiary/aromatic N) is 1. The van der Waals surface area contributed by atoms with Gasteiger partial charge in [-0.15, -0.1) is 0 Å². The molecule has 0 spiro atoms. The van der Waals surface area contributed by atoms with Crippen LogP contribution >= 0.6 is 0 Å². The van der Waals surface area contributed by atoms with Crippen molar-refractivity contribution in [3.05, 3.63) is 36.5 Å². The molecule has 0 aliphatic heterocycles. The van der Waals surface area contributed by atoms with E-state index in [0.29, 0.717) is 12.3 Å². The normalized spacial score (nSPS) is 10.9. The SMILES string of the molecule is CC(C)CC(=O)On1ccc2ccccc21. The first-order valence-electron chi connectivity index (χ1n) is 5.44. The summed E-state index contributed by atoms with van der Waals surface area (Å²) < 4.78 is 1.53. The molecule has 3 heteroatoms. The Kier molecular flexibility index (Phi) is 2.95. The van der Waals surface area contributed by atoms with Gasteiger partial charge < -0.3 is 4.84 Å². The molecule has 2 rings (SSSR count). The van der Waals surface area contributed by atoms with Crippen LogP contribution in [0.25, 0.3) is 10.9 Å². The van der Waals surface area contributed by atoms with E-state index in [1.807, 2.05) is 44.2 Å². The number of fused-ring (bicyclic) bond motifs is 1. The topological polar surface area (TPSA) is 31.2 Å². The summed E-state index contributed by atoms with van der Waals surface area (Å²) in [4.78, 5) is 16.8. The maximum atomic E-state index is 11.5. The standard InChI is InChI=1S/C13H15NO2/c1-10(2)9-13(15)16-14-8-7-11-5-3-4-6-12(11)14/h3-8,10H,9H2,1-2H3. The van der Waals surface area contributed by atoms with Crippen molar-refractivity contribution in [3.63, 3.8) is 0 Å². The lowest BCUT2D eigenvalue weighted by atomic mass is 10.1. The van der Waals surface area contributed by atoms with Crippen molar-refractivity contribution >= 4 is 16.9 Å². The molecule has 0 N–H and O–H groups in total. The van der Waals surface area contributed by atoms with Crippen molar-refractivity contribution in [2.24, 2.45) is 5.92 Å². The van der Waals surface area contributed by atoms with Gasteiger partial charge in [-0.3, -0.25) is 0 Å². The Labute approximate surface area is 94.6 Å². The van der Waals surface area contributed by atoms with E-state index in [2.05, 4.69) is 0 Å². The maximum Gasteiger partial charge on any atom is 0.333 e. The van der Waals surface area contributed by atoms with Crippen LogP contribution in [0.1, 0.15) is 20.3 Å². The fourth-order valence-corrected chi connectivity index (χ4v) is 1.62. The van der Waals surface area contributed by atoms with E-state index in [1.165, 1.54) is 4.73 Å². The highest BCUT2D eigenvalue weighted by atomic mass is 16.7. The van der Waals surface area contributed by atoms with Crippen LogP contribution in [-0.4, -0.2) is 10.7 Å². The number of carbonyl (C=O) groups is 1. The smallest absolute Gasteiger partial charge is 0.333 e. The molecule has 1 aromatic heterocycles. The van der Waals surface area contributed by atoms with Gasteiger partial charge in [-0.05, 0) is 18.1 Å². The molecule has 0 bridgehead atoms. The molecule has 0 radical (unpaired) electrons. The van der Waals surface area contributed by atoms with E-state index in [4.69, 9.17) is 4.84 Å². The predicted molar refractivity (Wildman–Crippen MR) is 63.0 cm³/mol. The molecule has 84 valence electrons. The van der Waals surface area contributed by atoms with Crippen molar-refractivity contribution < 1.29 is 9.63 Å². The van der Waals surface area contributed by atoms with Crippen LogP contribution in [0.3, 0.4) is 0 Å². The fraction of sp³-hybridized carbons (Fsp3) is 0.308. The lowest BCUT2D eigenvalue weighted by Crippen LogP contribution is -2.20. The number of benzene rings is 1. The molecule has 0 saturated carbocycles. The fourth-order valence-electron chi connectivity index (χ4n) is 1.62. The summed E-state index contributed by atoms with van der Waals surface area (Å²) in [5.41, 5.74) is 0.916. The third-order valence-corrected chi connectivity index (χ3v) is 2.34. The molecule has 0 fully saturated rings. The second kappa shape index (κ2) is 4.39. The van der Waals surface area contributed by atoms with Gasteiger partial charge in [0, 0.05) is 11.6 Å². The number of hydrogen-bond acceptors (Lipinski definition) is 2. The van der Waals surface area contributed by atoms with Crippen LogP contribution in [0.2, 0.25) is 0 Å². The first kappa shape index (κ1) is 10.7. The van der Waals surface area contributed by atoms with Gasteiger partial charge in [0.15, 0.2) is 0 Å². The Morgan fingerprint density at radius 2 is 2.06 bits per heavy atom. The molecule has 0 atom stereocenters. The number of hydrogen-bond donors (Lipinski definition) is 0. The number of carbonyl (C=O) groups excluding carboxylic acids is 1. The predicted octanol–water partition coefficient (Wildman–Crippen LogP) is 2.64. The van der Waals surface area contributed by atoms with Gasteiger partial charge in [0.25, 0.3) is 0 Å². The zero-order valence-corrected chi connectivity index (χ0v) is 9.51. The number of para-hydroxylation sites is 1. The molecule has 0 aliphatic rings. The van der Waals surface area contributed by atoms with Crippen molar-refractivity contribution in [2.75, 3.05) is 0 Å². The summed E-state index contributed by atoms with van der Waals surface area (Å²) in [6.07, 6.45) is 2.20. The molecule has 1 heterocycles. The highest BCUT2D eigenvalue weighted by molar-refractivity contribution is 5.80. The highest BCUT2D eigenvalue weighted by Gasteiger charge is 2.09. The summed E-state index contributed by atoms with van der Waals surface area (Å²) >= 11 is 0. The Morgan fingerprint density at radius 3 is 2.81 bits per heavy atom. The Balaban J connectivity index is 2.18. The summed E-state index contributed by atoms with van der Waals surface area (Å²) in [5, 5.41) is 1.07. The second-order valence-electron chi connectivity index (χ2n) is 4.26. The van der Waals surface area contributed by atoms with E-state index >= 15 is 0 Å². The van der Waals surface area contributed by atoms with Crippen LogP contribution in [-0.2, 0) is 4.79 Å². The van der Waals surface area contributed by atoms with E-state index in [1.54, 1.807) is 6.20 Å². The molecule has 16 heavy (non-hydrogen) atoms. The van der Waals surface area contributed by atoms with Crippen LogP contribution in [0.15, 0.2) is 36.5 Å². The average molecular weight is 217 g/mol. The van der Waals surface area contributed by atoms with Crippen molar-refractivity contribution in [1.29, 1.82) is 0 Å². The summed E-state index contributed by atoms with van der Waals surface area (Å²) in [7, 11) is 0. The molecule has 1 aromatic carbocycles. The van der Waals surface area contributed by atoms with Gasteiger partial charge in [-0.2, -0.15) is 4.73 Å². The van der Waals surface area contributed by atoms with Gasteiger partial charge in [0.05, 0.1) is 11.9 Å². The monoisotopic (exact) mass is 217 g/mol. The molecule has 0 saturated heterocycles. The van der Waals surface area contributed by atoms with E-state index in [0.717, 1.165) is 10.9 Å². The third-order valence-electron chi connectivity index (χ3n) is 2.34. The molecule has 3 nitrogen and oxygen atoms in total. The molecule has 0 aliphatic carbocycles. The summed E-state index contributed by atoms with van der Waals surface area (Å²) in [6.45, 7) is 3.99. The van der Waals surface area contributed by atoms with Crippen molar-refractivity contribution in [2.45, 2.75) is 20.3 Å². The van der Waals surface area contributed by atoms with Gasteiger partial charge in [0.2, 0.25) is 0 Å². The second-order valence-corrected chi connectivity index (χ2v) is 4.26. The largest absolute Gasteiger partial charge is 0.337 e. The van der Waals surface area contributed by atoms with Crippen LogP contribution < -0.4 is 4.84 Å². The average Bonchev–Trinajstić information content (AvgIpc) is 2.61. The molecule has 0 unspecified atom stereocenters. The van der Waals surface area contributed by atoms with Gasteiger partial charge in [-0.25, -0.2) is 4.79 Å². The zero-order chi connectivity index (χ0) is 11.5. The molecule has 2 aromatic rings. The maximum absolute atomic E-state index is 11.5. The number of rotatable bonds is 3. The lowest BCUT2D eigenvalue weighted by Gasteiger charge is -2.07.